The van der Waals surface area contributed by atoms with Crippen LogP contribution in [-0.2, 0) is 0 Å². The summed E-state index contributed by atoms with van der Waals surface area (Å²) in [6.07, 6.45) is 2.74. The van der Waals surface area contributed by atoms with Crippen molar-refractivity contribution in [3.05, 3.63) is 42.3 Å². The lowest BCUT2D eigenvalue weighted by Crippen LogP contribution is -2.55. The fraction of sp³-hybridized carbons (Fsp3) is 0.450. The second-order valence-electron chi connectivity index (χ2n) is 7.10. The molecule has 0 unspecified atom stereocenters. The van der Waals surface area contributed by atoms with Gasteiger partial charge in [0, 0.05) is 55.5 Å². The number of pyridine rings is 1. The first-order valence-electron chi connectivity index (χ1n) is 9.02. The van der Waals surface area contributed by atoms with Gasteiger partial charge in [-0.25, -0.2) is 9.37 Å². The standard InChI is InChI=1S/C20H24FN3O/c1-14(2)23-8-9-24-16(13-23)7-10-25-19-11-15(12-22-20(19)24)17-5-3-4-6-18(17)21/h3-6,11-12,14,16H,7-10,13H2,1-2H3/t16-/m0/s1. The Labute approximate surface area is 148 Å². The number of rotatable bonds is 2. The van der Waals surface area contributed by atoms with Crippen LogP contribution in [0.5, 0.6) is 5.75 Å². The minimum Gasteiger partial charge on any atom is -0.490 e. The van der Waals surface area contributed by atoms with Crippen LogP contribution >= 0.6 is 0 Å². The van der Waals surface area contributed by atoms with Crippen molar-refractivity contribution >= 4 is 5.82 Å². The van der Waals surface area contributed by atoms with Gasteiger partial charge in [-0.15, -0.1) is 0 Å². The molecule has 3 heterocycles. The molecule has 1 fully saturated rings. The maximum atomic E-state index is 14.1. The lowest BCUT2D eigenvalue weighted by atomic mass is 10.1. The number of piperazine rings is 1. The Morgan fingerprint density at radius 3 is 2.88 bits per heavy atom. The Kier molecular flexibility index (Phi) is 4.34. The van der Waals surface area contributed by atoms with Gasteiger partial charge in [0.15, 0.2) is 11.6 Å². The minimum atomic E-state index is -0.235. The van der Waals surface area contributed by atoms with Crippen LogP contribution in [0.1, 0.15) is 20.3 Å². The van der Waals surface area contributed by atoms with Crippen molar-refractivity contribution in [1.82, 2.24) is 9.88 Å². The Morgan fingerprint density at radius 1 is 1.24 bits per heavy atom. The van der Waals surface area contributed by atoms with Gasteiger partial charge in [0.1, 0.15) is 5.82 Å². The quantitative estimate of drug-likeness (QED) is 0.835. The van der Waals surface area contributed by atoms with Crippen LogP contribution in [0.25, 0.3) is 11.1 Å². The maximum Gasteiger partial charge on any atom is 0.171 e. The molecule has 0 N–H and O–H groups in total. The summed E-state index contributed by atoms with van der Waals surface area (Å²) in [6.45, 7) is 8.18. The molecule has 1 aromatic carbocycles. The molecule has 2 aliphatic rings. The summed E-state index contributed by atoms with van der Waals surface area (Å²) in [5, 5.41) is 0. The van der Waals surface area contributed by atoms with Gasteiger partial charge in [-0.1, -0.05) is 18.2 Å². The van der Waals surface area contributed by atoms with E-state index in [1.807, 2.05) is 12.1 Å². The van der Waals surface area contributed by atoms with E-state index >= 15 is 0 Å². The molecule has 4 nitrogen and oxygen atoms in total. The second-order valence-corrected chi connectivity index (χ2v) is 7.10. The van der Waals surface area contributed by atoms with E-state index in [4.69, 9.17) is 4.74 Å². The number of hydrogen-bond acceptors (Lipinski definition) is 4. The van der Waals surface area contributed by atoms with Crippen molar-refractivity contribution in [3.8, 4) is 16.9 Å². The highest BCUT2D eigenvalue weighted by Gasteiger charge is 2.32. The average Bonchev–Trinajstić information content (AvgIpc) is 2.80. The molecule has 0 aliphatic carbocycles. The summed E-state index contributed by atoms with van der Waals surface area (Å²) in [4.78, 5) is 9.55. The normalized spacial score (nSPS) is 20.6. The van der Waals surface area contributed by atoms with Gasteiger partial charge in [-0.2, -0.15) is 0 Å². The van der Waals surface area contributed by atoms with Crippen LogP contribution in [0, 0.1) is 5.82 Å². The molecule has 0 radical (unpaired) electrons. The predicted molar refractivity (Wildman–Crippen MR) is 97.6 cm³/mol. The van der Waals surface area contributed by atoms with Crippen molar-refractivity contribution in [2.24, 2.45) is 0 Å². The molecule has 0 amide bonds. The van der Waals surface area contributed by atoms with E-state index in [9.17, 15) is 4.39 Å². The zero-order valence-corrected chi connectivity index (χ0v) is 14.8. The first kappa shape index (κ1) is 16.3. The first-order valence-corrected chi connectivity index (χ1v) is 9.02. The van der Waals surface area contributed by atoms with Crippen LogP contribution < -0.4 is 9.64 Å². The van der Waals surface area contributed by atoms with E-state index in [2.05, 4.69) is 28.6 Å². The van der Waals surface area contributed by atoms with E-state index in [1.165, 1.54) is 6.07 Å². The highest BCUT2D eigenvalue weighted by atomic mass is 19.1. The summed E-state index contributed by atoms with van der Waals surface area (Å²) < 4.78 is 20.1. The molecule has 4 rings (SSSR count). The fourth-order valence-electron chi connectivity index (χ4n) is 3.78. The van der Waals surface area contributed by atoms with Crippen molar-refractivity contribution < 1.29 is 9.13 Å². The van der Waals surface area contributed by atoms with Crippen LogP contribution in [0.15, 0.2) is 36.5 Å². The lowest BCUT2D eigenvalue weighted by Gasteiger charge is -2.42. The predicted octanol–water partition coefficient (Wildman–Crippen LogP) is 3.57. The molecule has 132 valence electrons. The summed E-state index contributed by atoms with van der Waals surface area (Å²) in [5.74, 6) is 1.42. The monoisotopic (exact) mass is 341 g/mol. The Bertz CT molecular complexity index is 764. The molecule has 0 bridgehead atoms. The third-order valence-electron chi connectivity index (χ3n) is 5.24. The molecule has 2 aliphatic heterocycles. The fourth-order valence-corrected chi connectivity index (χ4v) is 3.78. The van der Waals surface area contributed by atoms with E-state index in [0.717, 1.165) is 43.2 Å². The van der Waals surface area contributed by atoms with Gasteiger partial charge in [0.05, 0.1) is 6.61 Å². The van der Waals surface area contributed by atoms with E-state index in [0.29, 0.717) is 24.3 Å². The van der Waals surface area contributed by atoms with E-state index in [1.54, 1.807) is 18.3 Å². The minimum absolute atomic E-state index is 0.235. The summed E-state index contributed by atoms with van der Waals surface area (Å²) >= 11 is 0. The Balaban J connectivity index is 1.66. The van der Waals surface area contributed by atoms with Gasteiger partial charge >= 0.3 is 0 Å². The molecule has 2 aromatic rings. The van der Waals surface area contributed by atoms with Gasteiger partial charge in [-0.3, -0.25) is 4.90 Å². The number of halogens is 1. The number of fused-ring (bicyclic) bond motifs is 3. The largest absolute Gasteiger partial charge is 0.490 e. The van der Waals surface area contributed by atoms with Gasteiger partial charge in [0.2, 0.25) is 0 Å². The third kappa shape index (κ3) is 3.09. The first-order chi connectivity index (χ1) is 12.1. The van der Waals surface area contributed by atoms with Crippen molar-refractivity contribution in [2.75, 3.05) is 31.1 Å². The van der Waals surface area contributed by atoms with Crippen molar-refractivity contribution in [2.45, 2.75) is 32.4 Å². The van der Waals surface area contributed by atoms with Crippen molar-refractivity contribution in [3.63, 3.8) is 0 Å². The third-order valence-corrected chi connectivity index (χ3v) is 5.24. The molecule has 5 heteroatoms. The number of nitrogens with zero attached hydrogens (tertiary/aromatic N) is 3. The second kappa shape index (κ2) is 6.64. The summed E-state index contributed by atoms with van der Waals surface area (Å²) in [5.41, 5.74) is 1.32. The summed E-state index contributed by atoms with van der Waals surface area (Å²) in [6, 6.07) is 9.70. The maximum absolute atomic E-state index is 14.1. The van der Waals surface area contributed by atoms with Gasteiger partial charge in [-0.05, 0) is 26.0 Å². The highest BCUT2D eigenvalue weighted by Crippen LogP contribution is 2.36. The van der Waals surface area contributed by atoms with E-state index < -0.39 is 0 Å². The van der Waals surface area contributed by atoms with Crippen molar-refractivity contribution in [1.29, 1.82) is 0 Å². The Morgan fingerprint density at radius 2 is 2.08 bits per heavy atom. The number of anilines is 1. The van der Waals surface area contributed by atoms with Crippen LogP contribution in [0.2, 0.25) is 0 Å². The highest BCUT2D eigenvalue weighted by molar-refractivity contribution is 5.69. The van der Waals surface area contributed by atoms with Crippen LogP contribution in [0.4, 0.5) is 10.2 Å². The Hall–Kier alpha value is -2.14. The number of aromatic nitrogens is 1. The summed E-state index contributed by atoms with van der Waals surface area (Å²) in [7, 11) is 0. The zero-order valence-electron chi connectivity index (χ0n) is 14.8. The molecule has 1 atom stereocenters. The molecule has 0 spiro atoms. The zero-order chi connectivity index (χ0) is 17.4. The van der Waals surface area contributed by atoms with Gasteiger partial charge in [0.25, 0.3) is 0 Å². The smallest absolute Gasteiger partial charge is 0.171 e. The number of benzene rings is 1. The average molecular weight is 341 g/mol. The molecule has 0 saturated carbocycles. The van der Waals surface area contributed by atoms with E-state index in [-0.39, 0.29) is 5.82 Å². The molecular formula is C20H24FN3O. The number of hydrogen-bond donors (Lipinski definition) is 0. The van der Waals surface area contributed by atoms with Gasteiger partial charge < -0.3 is 9.64 Å². The topological polar surface area (TPSA) is 28.6 Å². The molecule has 1 saturated heterocycles. The molecular weight excluding hydrogens is 317 g/mol. The molecule has 25 heavy (non-hydrogen) atoms. The lowest BCUT2D eigenvalue weighted by molar-refractivity contribution is 0.172. The SMILES string of the molecule is CC(C)N1CCN2c3ncc(-c4ccccc4F)cc3OCC[C@H]2C1. The van der Waals surface area contributed by atoms with Crippen LogP contribution in [0.3, 0.4) is 0 Å². The number of ether oxygens (including phenoxy) is 1. The molecule has 1 aromatic heterocycles. The van der Waals surface area contributed by atoms with Crippen LogP contribution in [-0.4, -0.2) is 48.2 Å².